The number of hydrogen-bond donors (Lipinski definition) is 0. The molecule has 296 valence electrons. The van der Waals surface area contributed by atoms with E-state index in [4.69, 9.17) is 0 Å². The Morgan fingerprint density at radius 1 is 0.381 bits per heavy atom. The molecule has 2 heteroatoms. The number of hydrogen-bond acceptors (Lipinski definition) is 0. The molecule has 2 aromatic heterocycles. The minimum absolute atomic E-state index is 0.466. The van der Waals surface area contributed by atoms with Crippen molar-refractivity contribution < 1.29 is 0 Å². The first kappa shape index (κ1) is 35.8. The summed E-state index contributed by atoms with van der Waals surface area (Å²) in [6.07, 6.45) is 8.84. The third-order valence-electron chi connectivity index (χ3n) is 13.9. The maximum atomic E-state index is 2.55. The number of fused-ring (bicyclic) bond motifs is 9. The first-order valence-corrected chi connectivity index (χ1v) is 22.2. The Morgan fingerprint density at radius 2 is 1.00 bits per heavy atom. The lowest BCUT2D eigenvalue weighted by molar-refractivity contribution is 0.770. The molecule has 0 bridgehead atoms. The van der Waals surface area contributed by atoms with Gasteiger partial charge in [-0.15, -0.1) is 0 Å². The van der Waals surface area contributed by atoms with Gasteiger partial charge in [0.15, 0.2) is 0 Å². The second-order valence-electron chi connectivity index (χ2n) is 17.1. The van der Waals surface area contributed by atoms with Gasteiger partial charge in [-0.05, 0) is 105 Å². The molecule has 0 atom stereocenters. The Hall–Kier alpha value is -7.94. The summed E-state index contributed by atoms with van der Waals surface area (Å²) in [5.74, 6) is 0. The highest BCUT2D eigenvalue weighted by Crippen LogP contribution is 2.56. The van der Waals surface area contributed by atoms with Crippen LogP contribution in [0, 0.1) is 0 Å². The van der Waals surface area contributed by atoms with Gasteiger partial charge in [0, 0.05) is 38.5 Å². The van der Waals surface area contributed by atoms with Crippen molar-refractivity contribution in [3.05, 3.63) is 253 Å². The van der Waals surface area contributed by atoms with Gasteiger partial charge >= 0.3 is 0 Å². The molecule has 0 radical (unpaired) electrons. The van der Waals surface area contributed by atoms with Gasteiger partial charge in [0.25, 0.3) is 0 Å². The summed E-state index contributed by atoms with van der Waals surface area (Å²) in [7, 11) is 0. The Labute approximate surface area is 367 Å². The van der Waals surface area contributed by atoms with Gasteiger partial charge in [0.1, 0.15) is 0 Å². The molecular formula is C61H42N2. The fraction of sp³-hybridized carbons (Fsp3) is 0.0492. The van der Waals surface area contributed by atoms with Crippen LogP contribution in [0.2, 0.25) is 0 Å². The smallest absolute Gasteiger partial charge is 0.0713 e. The van der Waals surface area contributed by atoms with Crippen LogP contribution in [-0.2, 0) is 5.41 Å². The molecule has 13 rings (SSSR count). The molecule has 0 saturated carbocycles. The van der Waals surface area contributed by atoms with E-state index >= 15 is 0 Å². The zero-order valence-electron chi connectivity index (χ0n) is 34.7. The summed E-state index contributed by atoms with van der Waals surface area (Å²) >= 11 is 0. The number of para-hydroxylation sites is 2. The SMILES string of the molecule is C1=CCCC(n2c3ccc(C4(c5ccccc5)c5ccccc5-c5ccccc54)cc3c3ccc(-c4cccc5c6ccccc6n(-c6ccc(-c7ccccc7)cc6)c45)cc32)=C1. The highest BCUT2D eigenvalue weighted by Gasteiger charge is 2.46. The predicted molar refractivity (Wildman–Crippen MR) is 265 cm³/mol. The van der Waals surface area contributed by atoms with Gasteiger partial charge < -0.3 is 9.13 Å². The van der Waals surface area contributed by atoms with E-state index in [-0.39, 0.29) is 0 Å². The summed E-state index contributed by atoms with van der Waals surface area (Å²) in [4.78, 5) is 0. The van der Waals surface area contributed by atoms with E-state index in [9.17, 15) is 0 Å². The molecule has 9 aromatic carbocycles. The number of nitrogens with zero attached hydrogens (tertiary/aromatic N) is 2. The van der Waals surface area contributed by atoms with Crippen LogP contribution < -0.4 is 0 Å². The van der Waals surface area contributed by atoms with E-state index in [0.717, 1.165) is 18.5 Å². The highest BCUT2D eigenvalue weighted by molar-refractivity contribution is 6.16. The average Bonchev–Trinajstić information content (AvgIpc) is 3.99. The topological polar surface area (TPSA) is 9.86 Å². The normalized spacial score (nSPS) is 14.1. The first-order valence-electron chi connectivity index (χ1n) is 22.2. The number of aromatic nitrogens is 2. The summed E-state index contributed by atoms with van der Waals surface area (Å²) in [5, 5.41) is 5.04. The van der Waals surface area contributed by atoms with E-state index in [1.165, 1.54) is 105 Å². The zero-order chi connectivity index (χ0) is 41.5. The van der Waals surface area contributed by atoms with Gasteiger partial charge in [-0.25, -0.2) is 0 Å². The van der Waals surface area contributed by atoms with Crippen molar-refractivity contribution in [2.24, 2.45) is 0 Å². The lowest BCUT2D eigenvalue weighted by Gasteiger charge is -2.34. The van der Waals surface area contributed by atoms with E-state index < -0.39 is 5.41 Å². The van der Waals surface area contributed by atoms with Crippen molar-refractivity contribution in [2.45, 2.75) is 18.3 Å². The largest absolute Gasteiger partial charge is 0.313 e. The summed E-state index contributed by atoms with van der Waals surface area (Å²) in [6.45, 7) is 0. The molecule has 0 saturated heterocycles. The highest BCUT2D eigenvalue weighted by atomic mass is 15.0. The Balaban J connectivity index is 1.05. The van der Waals surface area contributed by atoms with Gasteiger partial charge in [0.05, 0.1) is 27.5 Å². The third kappa shape index (κ3) is 5.25. The maximum absolute atomic E-state index is 2.55. The number of allylic oxidation sites excluding steroid dienone is 4. The third-order valence-corrected chi connectivity index (χ3v) is 13.9. The monoisotopic (exact) mass is 802 g/mol. The molecule has 2 aliphatic carbocycles. The number of benzene rings is 9. The molecule has 63 heavy (non-hydrogen) atoms. The average molecular weight is 803 g/mol. The lowest BCUT2D eigenvalue weighted by atomic mass is 9.67. The molecule has 0 unspecified atom stereocenters. The Morgan fingerprint density at radius 3 is 1.76 bits per heavy atom. The molecule has 2 aliphatic rings. The van der Waals surface area contributed by atoms with Crippen LogP contribution in [0.5, 0.6) is 0 Å². The molecule has 11 aromatic rings. The van der Waals surface area contributed by atoms with Crippen molar-refractivity contribution in [3.63, 3.8) is 0 Å². The van der Waals surface area contributed by atoms with Crippen molar-refractivity contribution in [2.75, 3.05) is 0 Å². The van der Waals surface area contributed by atoms with Crippen LogP contribution in [-0.4, -0.2) is 9.13 Å². The molecular weight excluding hydrogens is 761 g/mol. The zero-order valence-corrected chi connectivity index (χ0v) is 34.7. The van der Waals surface area contributed by atoms with Crippen molar-refractivity contribution in [1.29, 1.82) is 0 Å². The summed E-state index contributed by atoms with van der Waals surface area (Å²) in [6, 6.07) is 79.1. The van der Waals surface area contributed by atoms with Crippen LogP contribution in [0.3, 0.4) is 0 Å². The van der Waals surface area contributed by atoms with Crippen LogP contribution in [0.4, 0.5) is 0 Å². The molecule has 2 heterocycles. The maximum Gasteiger partial charge on any atom is 0.0713 e. The van der Waals surface area contributed by atoms with Gasteiger partial charge in [0.2, 0.25) is 0 Å². The lowest BCUT2D eigenvalue weighted by Crippen LogP contribution is -2.28. The standard InChI is InChI=1S/C61H42N2/c1-4-17-41(18-5-1)42-31-35-47(36-32-42)63-57-30-15-12-25-51(57)53-27-16-26-48(60(53)63)43-33-37-52-54-40-45(34-38-58(54)62(59(52)39-43)46-21-8-3-9-22-46)61(44-19-6-2-7-20-44)55-28-13-10-23-49(55)50-24-11-14-29-56(50)61/h1-8,10-21,23-40H,9,22H2. The van der Waals surface area contributed by atoms with Gasteiger partial charge in [-0.2, -0.15) is 0 Å². The van der Waals surface area contributed by atoms with Crippen molar-refractivity contribution in [1.82, 2.24) is 9.13 Å². The van der Waals surface area contributed by atoms with Gasteiger partial charge in [-0.3, -0.25) is 0 Å². The van der Waals surface area contributed by atoms with Crippen molar-refractivity contribution >= 4 is 49.3 Å². The van der Waals surface area contributed by atoms with E-state index in [0.29, 0.717) is 0 Å². The Kier molecular flexibility index (Phi) is 7.98. The molecule has 0 N–H and O–H groups in total. The van der Waals surface area contributed by atoms with Gasteiger partial charge in [-0.1, -0.05) is 188 Å². The van der Waals surface area contributed by atoms with Crippen molar-refractivity contribution in [3.8, 4) is 39.1 Å². The van der Waals surface area contributed by atoms with E-state index in [1.54, 1.807) is 0 Å². The fourth-order valence-corrected chi connectivity index (χ4v) is 11.2. The molecule has 0 fully saturated rings. The fourth-order valence-electron chi connectivity index (χ4n) is 11.2. The second-order valence-corrected chi connectivity index (χ2v) is 17.1. The quantitative estimate of drug-likeness (QED) is 0.158. The van der Waals surface area contributed by atoms with Crippen LogP contribution in [0.1, 0.15) is 35.1 Å². The minimum Gasteiger partial charge on any atom is -0.313 e. The number of rotatable bonds is 6. The second kappa shape index (κ2) is 14.1. The Bertz CT molecular complexity index is 3610. The van der Waals surface area contributed by atoms with Crippen LogP contribution >= 0.6 is 0 Å². The van der Waals surface area contributed by atoms with E-state index in [2.05, 4.69) is 240 Å². The summed E-state index contributed by atoms with van der Waals surface area (Å²) in [5.41, 5.74) is 19.6. The van der Waals surface area contributed by atoms with Crippen LogP contribution in [0.15, 0.2) is 231 Å². The molecule has 0 aliphatic heterocycles. The molecule has 0 spiro atoms. The van der Waals surface area contributed by atoms with Crippen LogP contribution in [0.25, 0.3) is 88.4 Å². The summed E-state index contributed by atoms with van der Waals surface area (Å²) < 4.78 is 5.01. The molecule has 0 amide bonds. The van der Waals surface area contributed by atoms with E-state index in [1.807, 2.05) is 0 Å². The molecule has 2 nitrogen and oxygen atoms in total. The minimum atomic E-state index is -0.466. The predicted octanol–water partition coefficient (Wildman–Crippen LogP) is 15.8. The first-order chi connectivity index (χ1) is 31.3.